The average Bonchev–Trinajstić information content (AvgIpc) is 2.37. The minimum absolute atomic E-state index is 0.0238. The second kappa shape index (κ2) is 6.26. The van der Waals surface area contributed by atoms with Gasteiger partial charge in [-0.1, -0.05) is 19.9 Å². The molecule has 5 heteroatoms. The zero-order valence-electron chi connectivity index (χ0n) is 12.7. The van der Waals surface area contributed by atoms with Crippen LogP contribution >= 0.6 is 11.8 Å². The number of esters is 1. The number of benzene rings is 1. The number of rotatable bonds is 4. The Labute approximate surface area is 129 Å². The van der Waals surface area contributed by atoms with Crippen molar-refractivity contribution in [2.24, 2.45) is 5.41 Å². The first-order valence-electron chi connectivity index (χ1n) is 7.16. The maximum absolute atomic E-state index is 13.4. The van der Waals surface area contributed by atoms with E-state index in [2.05, 4.69) is 19.2 Å². The Morgan fingerprint density at radius 1 is 1.43 bits per heavy atom. The number of ether oxygens (including phenoxy) is 1. The lowest BCUT2D eigenvalue weighted by atomic mass is 9.79. The van der Waals surface area contributed by atoms with Gasteiger partial charge in [-0.15, -0.1) is 0 Å². The zero-order chi connectivity index (χ0) is 15.5. The number of thioether (sulfide) groups is 1. The van der Waals surface area contributed by atoms with Crippen molar-refractivity contribution in [3.05, 3.63) is 30.1 Å². The van der Waals surface area contributed by atoms with Gasteiger partial charge in [-0.25, -0.2) is 9.18 Å². The number of carbonyl (C=O) groups is 1. The lowest BCUT2D eigenvalue weighted by molar-refractivity contribution is -0.149. The van der Waals surface area contributed by atoms with Crippen molar-refractivity contribution in [1.29, 1.82) is 0 Å². The summed E-state index contributed by atoms with van der Waals surface area (Å²) < 4.78 is 18.7. The van der Waals surface area contributed by atoms with Crippen LogP contribution in [0.4, 0.5) is 10.1 Å². The van der Waals surface area contributed by atoms with Gasteiger partial charge in [0.1, 0.15) is 11.4 Å². The molecule has 21 heavy (non-hydrogen) atoms. The summed E-state index contributed by atoms with van der Waals surface area (Å²) >= 11 is 1.73. The van der Waals surface area contributed by atoms with E-state index in [1.807, 2.05) is 0 Å². The molecule has 116 valence electrons. The highest BCUT2D eigenvalue weighted by Gasteiger charge is 2.47. The highest BCUT2D eigenvalue weighted by atomic mass is 32.2. The van der Waals surface area contributed by atoms with Crippen LogP contribution in [0.25, 0.3) is 0 Å². The topological polar surface area (TPSA) is 38.3 Å². The van der Waals surface area contributed by atoms with Crippen LogP contribution in [0.2, 0.25) is 0 Å². The minimum Gasteiger partial charge on any atom is -0.464 e. The summed E-state index contributed by atoms with van der Waals surface area (Å²) in [6.45, 7) is 6.42. The molecule has 1 fully saturated rings. The van der Waals surface area contributed by atoms with Gasteiger partial charge in [0.05, 0.1) is 6.61 Å². The summed E-state index contributed by atoms with van der Waals surface area (Å²) in [5, 5.41) is 3.24. The van der Waals surface area contributed by atoms with E-state index >= 15 is 0 Å². The maximum Gasteiger partial charge on any atom is 0.332 e. The molecule has 0 spiro atoms. The molecule has 1 saturated heterocycles. The quantitative estimate of drug-likeness (QED) is 0.861. The standard InChI is InChI=1S/C16H22FNO2S/c1-4-20-14(19)16(9-15(2,3)10-21-11-16)18-13-7-5-6-12(17)8-13/h5-8,18H,4,9-11H2,1-3H3. The van der Waals surface area contributed by atoms with Gasteiger partial charge in [0.15, 0.2) is 0 Å². The van der Waals surface area contributed by atoms with Crippen molar-refractivity contribution in [2.75, 3.05) is 23.4 Å². The molecule has 0 bridgehead atoms. The molecule has 0 aliphatic carbocycles. The number of anilines is 1. The van der Waals surface area contributed by atoms with Crippen LogP contribution in [0, 0.1) is 11.2 Å². The van der Waals surface area contributed by atoms with Crippen LogP contribution in [0.1, 0.15) is 27.2 Å². The monoisotopic (exact) mass is 311 g/mol. The Kier molecular flexibility index (Phi) is 4.81. The number of carbonyl (C=O) groups excluding carboxylic acids is 1. The summed E-state index contributed by atoms with van der Waals surface area (Å²) in [6.07, 6.45) is 0.669. The predicted molar refractivity (Wildman–Crippen MR) is 85.1 cm³/mol. The molecule has 1 heterocycles. The third-order valence-electron chi connectivity index (χ3n) is 3.50. The molecular weight excluding hydrogens is 289 g/mol. The summed E-state index contributed by atoms with van der Waals surface area (Å²) in [4.78, 5) is 12.5. The van der Waals surface area contributed by atoms with Crippen LogP contribution in [-0.4, -0.2) is 29.6 Å². The largest absolute Gasteiger partial charge is 0.464 e. The summed E-state index contributed by atoms with van der Waals surface area (Å²) in [7, 11) is 0. The SMILES string of the molecule is CCOC(=O)C1(Nc2cccc(F)c2)CSCC(C)(C)C1. The van der Waals surface area contributed by atoms with E-state index in [9.17, 15) is 9.18 Å². The van der Waals surface area contributed by atoms with Crippen molar-refractivity contribution in [2.45, 2.75) is 32.7 Å². The molecule has 0 radical (unpaired) electrons. The van der Waals surface area contributed by atoms with Crippen LogP contribution < -0.4 is 5.32 Å². The first-order chi connectivity index (χ1) is 9.87. The molecule has 1 aliphatic rings. The van der Waals surface area contributed by atoms with Crippen LogP contribution in [0.5, 0.6) is 0 Å². The van der Waals surface area contributed by atoms with Gasteiger partial charge in [0.25, 0.3) is 0 Å². The molecule has 1 aliphatic heterocycles. The molecular formula is C16H22FNO2S. The molecule has 1 aromatic rings. The van der Waals surface area contributed by atoms with Gasteiger partial charge in [-0.2, -0.15) is 11.8 Å². The van der Waals surface area contributed by atoms with Gasteiger partial charge in [-0.05, 0) is 42.7 Å². The van der Waals surface area contributed by atoms with Crippen LogP contribution in [-0.2, 0) is 9.53 Å². The molecule has 1 N–H and O–H groups in total. The normalized spacial score (nSPS) is 24.4. The third kappa shape index (κ3) is 3.90. The summed E-state index contributed by atoms with van der Waals surface area (Å²) in [5.74, 6) is 1.06. The fraction of sp³-hybridized carbons (Fsp3) is 0.562. The van der Waals surface area contributed by atoms with E-state index in [0.29, 0.717) is 24.5 Å². The maximum atomic E-state index is 13.4. The molecule has 1 unspecified atom stereocenters. The molecule has 0 saturated carbocycles. The minimum atomic E-state index is -0.795. The van der Waals surface area contributed by atoms with E-state index in [0.717, 1.165) is 5.75 Å². The Balaban J connectivity index is 2.29. The van der Waals surface area contributed by atoms with Gasteiger partial charge in [0, 0.05) is 11.4 Å². The molecule has 2 rings (SSSR count). The molecule has 0 amide bonds. The lowest BCUT2D eigenvalue weighted by Gasteiger charge is -2.43. The third-order valence-corrected chi connectivity index (χ3v) is 5.18. The fourth-order valence-corrected chi connectivity index (χ4v) is 4.19. The average molecular weight is 311 g/mol. The Bertz CT molecular complexity index is 521. The van der Waals surface area contributed by atoms with Gasteiger partial charge in [-0.3, -0.25) is 0 Å². The highest BCUT2D eigenvalue weighted by molar-refractivity contribution is 7.99. The Hall–Kier alpha value is -1.23. The lowest BCUT2D eigenvalue weighted by Crippen LogP contribution is -2.55. The molecule has 1 aromatic carbocycles. The van der Waals surface area contributed by atoms with Crippen LogP contribution in [0.15, 0.2) is 24.3 Å². The number of nitrogens with one attached hydrogen (secondary N) is 1. The second-order valence-electron chi connectivity index (χ2n) is 6.27. The van der Waals surface area contributed by atoms with Crippen molar-refractivity contribution in [3.8, 4) is 0 Å². The van der Waals surface area contributed by atoms with Gasteiger partial charge >= 0.3 is 5.97 Å². The highest BCUT2D eigenvalue weighted by Crippen LogP contribution is 2.41. The van der Waals surface area contributed by atoms with E-state index in [1.165, 1.54) is 12.1 Å². The summed E-state index contributed by atoms with van der Waals surface area (Å²) in [6, 6.07) is 6.21. The van der Waals surface area contributed by atoms with Crippen molar-refractivity contribution < 1.29 is 13.9 Å². The number of hydrogen-bond donors (Lipinski definition) is 1. The second-order valence-corrected chi connectivity index (χ2v) is 7.26. The fourth-order valence-electron chi connectivity index (χ4n) is 2.79. The van der Waals surface area contributed by atoms with Crippen molar-refractivity contribution in [3.63, 3.8) is 0 Å². The molecule has 0 aromatic heterocycles. The molecule has 3 nitrogen and oxygen atoms in total. The van der Waals surface area contributed by atoms with Crippen LogP contribution in [0.3, 0.4) is 0 Å². The Morgan fingerprint density at radius 3 is 2.81 bits per heavy atom. The van der Waals surface area contributed by atoms with E-state index in [4.69, 9.17) is 4.74 Å². The smallest absolute Gasteiger partial charge is 0.332 e. The predicted octanol–water partition coefficient (Wildman–Crippen LogP) is 3.70. The number of hydrogen-bond acceptors (Lipinski definition) is 4. The van der Waals surface area contributed by atoms with E-state index in [-0.39, 0.29) is 17.2 Å². The Morgan fingerprint density at radius 2 is 2.19 bits per heavy atom. The van der Waals surface area contributed by atoms with E-state index in [1.54, 1.807) is 30.8 Å². The molecule has 1 atom stereocenters. The first kappa shape index (κ1) is 16.1. The van der Waals surface area contributed by atoms with Crippen molar-refractivity contribution >= 4 is 23.4 Å². The van der Waals surface area contributed by atoms with E-state index < -0.39 is 5.54 Å². The summed E-state index contributed by atoms with van der Waals surface area (Å²) in [5.41, 5.74) is -0.159. The number of halogens is 1. The van der Waals surface area contributed by atoms with Gasteiger partial charge < -0.3 is 10.1 Å². The van der Waals surface area contributed by atoms with Crippen molar-refractivity contribution in [1.82, 2.24) is 0 Å². The van der Waals surface area contributed by atoms with Gasteiger partial charge in [0.2, 0.25) is 0 Å². The first-order valence-corrected chi connectivity index (χ1v) is 8.31. The zero-order valence-corrected chi connectivity index (χ0v) is 13.6.